The van der Waals surface area contributed by atoms with E-state index in [1.807, 2.05) is 4.68 Å². The zero-order valence-corrected chi connectivity index (χ0v) is 15.0. The average Bonchev–Trinajstić information content (AvgIpc) is 2.98. The van der Waals surface area contributed by atoms with Crippen molar-refractivity contribution in [1.29, 1.82) is 0 Å². The van der Waals surface area contributed by atoms with Crippen LogP contribution in [0.1, 0.15) is 37.6 Å². The van der Waals surface area contributed by atoms with Gasteiger partial charge in [0.25, 0.3) is 0 Å². The first-order valence-corrected chi connectivity index (χ1v) is 8.89. The number of nitrogens with zero attached hydrogens (tertiary/aromatic N) is 4. The number of aromatic nitrogens is 3. The molecule has 0 amide bonds. The lowest BCUT2D eigenvalue weighted by atomic mass is 9.98. The molecule has 1 aromatic heterocycles. The van der Waals surface area contributed by atoms with E-state index in [1.54, 1.807) is 0 Å². The van der Waals surface area contributed by atoms with E-state index in [1.165, 1.54) is 11.1 Å². The molecule has 0 spiro atoms. The number of ether oxygens (including phenoxy) is 1. The second-order valence-electron chi connectivity index (χ2n) is 7.17. The Hall–Kier alpha value is -1.72. The van der Waals surface area contributed by atoms with Gasteiger partial charge in [0.1, 0.15) is 0 Å². The lowest BCUT2D eigenvalue weighted by Crippen LogP contribution is -2.42. The Bertz CT molecular complexity index is 652. The minimum absolute atomic E-state index is 0.440. The molecular weight excluding hydrogens is 300 g/mol. The Labute approximate surface area is 144 Å². The van der Waals surface area contributed by atoms with Gasteiger partial charge in [-0.3, -0.25) is 4.90 Å². The van der Waals surface area contributed by atoms with Crippen LogP contribution in [0.4, 0.5) is 0 Å². The lowest BCUT2D eigenvalue weighted by Gasteiger charge is -2.32. The number of rotatable bonds is 6. The first kappa shape index (κ1) is 17.1. The van der Waals surface area contributed by atoms with E-state index in [4.69, 9.17) is 4.74 Å². The molecule has 3 rings (SSSR count). The second-order valence-corrected chi connectivity index (χ2v) is 7.17. The molecule has 0 aliphatic carbocycles. The zero-order chi connectivity index (χ0) is 16.9. The van der Waals surface area contributed by atoms with Crippen LogP contribution >= 0.6 is 0 Å². The Morgan fingerprint density at radius 1 is 1.21 bits per heavy atom. The molecule has 5 heteroatoms. The van der Waals surface area contributed by atoms with Crippen molar-refractivity contribution >= 4 is 0 Å². The summed E-state index contributed by atoms with van der Waals surface area (Å²) in [5.74, 6) is 0.653. The summed E-state index contributed by atoms with van der Waals surface area (Å²) in [6.45, 7) is 10.9. The second kappa shape index (κ2) is 7.90. The van der Waals surface area contributed by atoms with Crippen LogP contribution in [0.25, 0.3) is 0 Å². The maximum atomic E-state index is 5.50. The summed E-state index contributed by atoms with van der Waals surface area (Å²) in [7, 11) is 0. The maximum Gasteiger partial charge on any atom is 0.0967 e. The molecule has 2 aromatic rings. The summed E-state index contributed by atoms with van der Waals surface area (Å²) in [4.78, 5) is 2.41. The summed E-state index contributed by atoms with van der Waals surface area (Å²) in [6, 6.07) is 9.09. The highest BCUT2D eigenvalue weighted by atomic mass is 16.5. The minimum Gasteiger partial charge on any atom is -0.379 e. The highest BCUT2D eigenvalue weighted by Crippen LogP contribution is 2.16. The van der Waals surface area contributed by atoms with Crippen molar-refractivity contribution < 1.29 is 4.74 Å². The molecule has 0 radical (unpaired) electrons. The normalized spacial score (nSPS) is 19.1. The van der Waals surface area contributed by atoms with E-state index >= 15 is 0 Å². The first-order chi connectivity index (χ1) is 11.6. The van der Waals surface area contributed by atoms with Gasteiger partial charge < -0.3 is 4.74 Å². The number of benzene rings is 1. The summed E-state index contributed by atoms with van der Waals surface area (Å²) in [5, 5.41) is 8.69. The van der Waals surface area contributed by atoms with Crippen molar-refractivity contribution in [2.24, 2.45) is 5.92 Å². The van der Waals surface area contributed by atoms with Gasteiger partial charge in [-0.25, -0.2) is 4.68 Å². The van der Waals surface area contributed by atoms with Gasteiger partial charge in [0.05, 0.1) is 31.6 Å². The van der Waals surface area contributed by atoms with Gasteiger partial charge in [-0.2, -0.15) is 0 Å². The fourth-order valence-corrected chi connectivity index (χ4v) is 3.22. The Kier molecular flexibility index (Phi) is 5.63. The standard InChI is InChI=1S/C19H28N4O/c1-15(2)10-17-6-4-5-7-18(17)11-23-13-19(20-21-23)12-22-8-9-24-14-16(22)3/h4-7,13,15-16H,8-12,14H2,1-3H3/t16-/m1/s1. The van der Waals surface area contributed by atoms with E-state index < -0.39 is 0 Å². The highest BCUT2D eigenvalue weighted by Gasteiger charge is 2.19. The molecule has 1 atom stereocenters. The topological polar surface area (TPSA) is 43.2 Å². The molecule has 0 saturated carbocycles. The summed E-state index contributed by atoms with van der Waals surface area (Å²) < 4.78 is 7.45. The molecule has 2 heterocycles. The minimum atomic E-state index is 0.440. The molecule has 5 nitrogen and oxygen atoms in total. The van der Waals surface area contributed by atoms with Crippen LogP contribution in [0.5, 0.6) is 0 Å². The van der Waals surface area contributed by atoms with Crippen molar-refractivity contribution in [1.82, 2.24) is 19.9 Å². The molecule has 0 unspecified atom stereocenters. The lowest BCUT2D eigenvalue weighted by molar-refractivity contribution is -0.00492. The van der Waals surface area contributed by atoms with Crippen LogP contribution in [-0.2, 0) is 24.2 Å². The molecule has 1 fully saturated rings. The number of hydrogen-bond acceptors (Lipinski definition) is 4. The smallest absolute Gasteiger partial charge is 0.0967 e. The molecule has 1 aromatic carbocycles. The Morgan fingerprint density at radius 2 is 2.00 bits per heavy atom. The largest absolute Gasteiger partial charge is 0.379 e. The van der Waals surface area contributed by atoms with E-state index in [-0.39, 0.29) is 0 Å². The molecule has 1 aliphatic rings. The maximum absolute atomic E-state index is 5.50. The van der Waals surface area contributed by atoms with E-state index in [0.29, 0.717) is 12.0 Å². The first-order valence-electron chi connectivity index (χ1n) is 8.89. The van der Waals surface area contributed by atoms with Gasteiger partial charge in [0, 0.05) is 19.1 Å². The predicted molar refractivity (Wildman–Crippen MR) is 94.8 cm³/mol. The van der Waals surface area contributed by atoms with Crippen LogP contribution in [0.15, 0.2) is 30.5 Å². The zero-order valence-electron chi connectivity index (χ0n) is 15.0. The fraction of sp³-hybridized carbons (Fsp3) is 0.579. The van der Waals surface area contributed by atoms with E-state index in [0.717, 1.165) is 45.0 Å². The van der Waals surface area contributed by atoms with Crippen LogP contribution < -0.4 is 0 Å². The molecule has 0 bridgehead atoms. The number of morpholine rings is 1. The van der Waals surface area contributed by atoms with Crippen LogP contribution in [0, 0.1) is 5.92 Å². The van der Waals surface area contributed by atoms with Gasteiger partial charge in [0.2, 0.25) is 0 Å². The van der Waals surface area contributed by atoms with Crippen LogP contribution in [0.3, 0.4) is 0 Å². The van der Waals surface area contributed by atoms with Gasteiger partial charge in [-0.1, -0.05) is 43.3 Å². The van der Waals surface area contributed by atoms with Gasteiger partial charge >= 0.3 is 0 Å². The fourth-order valence-electron chi connectivity index (χ4n) is 3.22. The average molecular weight is 328 g/mol. The highest BCUT2D eigenvalue weighted by molar-refractivity contribution is 5.27. The third-order valence-electron chi connectivity index (χ3n) is 4.54. The van der Waals surface area contributed by atoms with Crippen molar-refractivity contribution in [2.75, 3.05) is 19.8 Å². The molecular formula is C19H28N4O. The number of hydrogen-bond donors (Lipinski definition) is 0. The third kappa shape index (κ3) is 4.42. The monoisotopic (exact) mass is 328 g/mol. The summed E-state index contributed by atoms with van der Waals surface area (Å²) in [6.07, 6.45) is 3.18. The van der Waals surface area contributed by atoms with E-state index in [9.17, 15) is 0 Å². The molecule has 24 heavy (non-hydrogen) atoms. The predicted octanol–water partition coefficient (Wildman–Crippen LogP) is 2.75. The quantitative estimate of drug-likeness (QED) is 0.818. The van der Waals surface area contributed by atoms with Gasteiger partial charge in [0.15, 0.2) is 0 Å². The third-order valence-corrected chi connectivity index (χ3v) is 4.54. The summed E-state index contributed by atoms with van der Waals surface area (Å²) >= 11 is 0. The SMILES string of the molecule is CC(C)Cc1ccccc1Cn1cc(CN2CCOC[C@H]2C)nn1. The van der Waals surface area contributed by atoms with Crippen molar-refractivity contribution in [3.63, 3.8) is 0 Å². The molecule has 1 saturated heterocycles. The van der Waals surface area contributed by atoms with Gasteiger partial charge in [-0.15, -0.1) is 5.10 Å². The van der Waals surface area contributed by atoms with Crippen molar-refractivity contribution in [2.45, 2.75) is 46.3 Å². The molecule has 1 aliphatic heterocycles. The van der Waals surface area contributed by atoms with Crippen molar-refractivity contribution in [3.05, 3.63) is 47.3 Å². The van der Waals surface area contributed by atoms with Gasteiger partial charge in [-0.05, 0) is 30.4 Å². The summed E-state index contributed by atoms with van der Waals surface area (Å²) in [5.41, 5.74) is 3.78. The molecule has 130 valence electrons. The Morgan fingerprint density at radius 3 is 2.75 bits per heavy atom. The van der Waals surface area contributed by atoms with Crippen molar-refractivity contribution in [3.8, 4) is 0 Å². The van der Waals surface area contributed by atoms with Crippen LogP contribution in [0.2, 0.25) is 0 Å². The Balaban J connectivity index is 1.66. The molecule has 0 N–H and O–H groups in total. The van der Waals surface area contributed by atoms with Crippen LogP contribution in [-0.4, -0.2) is 45.7 Å². The van der Waals surface area contributed by atoms with E-state index in [2.05, 4.69) is 66.4 Å².